The van der Waals surface area contributed by atoms with E-state index >= 15 is 0 Å². The van der Waals surface area contributed by atoms with Crippen LogP contribution < -0.4 is 4.74 Å². The van der Waals surface area contributed by atoms with Crippen molar-refractivity contribution in [3.8, 4) is 67.5 Å². The van der Waals surface area contributed by atoms with Crippen molar-refractivity contribution in [1.29, 1.82) is 0 Å². The molecule has 9 aromatic rings. The van der Waals surface area contributed by atoms with Gasteiger partial charge in [0.2, 0.25) is 0 Å². The summed E-state index contributed by atoms with van der Waals surface area (Å²) in [7, 11) is 1.73. The Balaban J connectivity index is 1.25. The van der Waals surface area contributed by atoms with E-state index in [4.69, 9.17) is 14.7 Å². The van der Waals surface area contributed by atoms with Crippen LogP contribution >= 0.6 is 0 Å². The fraction of sp³-hybridized carbons (Fsp3) is 0.220. The highest BCUT2D eigenvalue weighted by atomic mass is 16.5. The van der Waals surface area contributed by atoms with Crippen LogP contribution in [0.25, 0.3) is 83.5 Å². The van der Waals surface area contributed by atoms with Gasteiger partial charge in [0.25, 0.3) is 0 Å². The van der Waals surface area contributed by atoms with Crippen LogP contribution in [0.1, 0.15) is 79.0 Å². The lowest BCUT2D eigenvalue weighted by atomic mass is 9.79. The number of nitrogens with zero attached hydrogens (tertiary/aromatic N) is 3. The average molecular weight is 824 g/mol. The Labute approximate surface area is 373 Å². The molecule has 63 heavy (non-hydrogen) atoms. The Morgan fingerprint density at radius 3 is 1.67 bits per heavy atom. The zero-order chi connectivity index (χ0) is 44.3. The van der Waals surface area contributed by atoms with E-state index in [-0.39, 0.29) is 16.2 Å². The fourth-order valence-electron chi connectivity index (χ4n) is 8.71. The first kappa shape index (κ1) is 41.6. The first-order valence-electron chi connectivity index (χ1n) is 22.1. The molecule has 0 atom stereocenters. The van der Waals surface area contributed by atoms with E-state index in [1.807, 2.05) is 18.3 Å². The number of methoxy groups -OCH3 is 1. The Morgan fingerprint density at radius 2 is 0.968 bits per heavy atom. The molecule has 0 fully saturated rings. The van der Waals surface area contributed by atoms with Gasteiger partial charge in [-0.25, -0.2) is 4.98 Å². The molecule has 0 aliphatic heterocycles. The Bertz CT molecular complexity index is 3120. The molecule has 0 spiro atoms. The molecule has 0 radical (unpaired) electrons. The molecule has 0 amide bonds. The predicted molar refractivity (Wildman–Crippen MR) is 266 cm³/mol. The zero-order valence-electron chi connectivity index (χ0n) is 38.3. The monoisotopic (exact) mass is 823 g/mol. The first-order chi connectivity index (χ1) is 30.1. The quantitative estimate of drug-likeness (QED) is 0.161. The van der Waals surface area contributed by atoms with E-state index in [1.165, 1.54) is 44.1 Å². The molecule has 0 saturated heterocycles. The lowest BCUT2D eigenvalue weighted by molar-refractivity contribution is 0.416. The first-order valence-corrected chi connectivity index (χ1v) is 22.1. The van der Waals surface area contributed by atoms with Crippen molar-refractivity contribution in [2.45, 2.75) is 78.6 Å². The molecule has 3 aromatic heterocycles. The summed E-state index contributed by atoms with van der Waals surface area (Å²) in [6, 6.07) is 57.1. The number of para-hydroxylation sites is 4. The zero-order valence-corrected chi connectivity index (χ0v) is 38.3. The molecule has 4 nitrogen and oxygen atoms in total. The number of aromatic nitrogens is 3. The van der Waals surface area contributed by atoms with Gasteiger partial charge < -0.3 is 9.30 Å². The van der Waals surface area contributed by atoms with E-state index < -0.39 is 0 Å². The number of fused-ring (bicyclic) bond motifs is 3. The molecule has 0 N–H and O–H groups in total. The highest BCUT2D eigenvalue weighted by Gasteiger charge is 2.24. The molecule has 0 saturated carbocycles. The van der Waals surface area contributed by atoms with Crippen LogP contribution in [0.4, 0.5) is 0 Å². The van der Waals surface area contributed by atoms with Gasteiger partial charge in [-0.2, -0.15) is 0 Å². The maximum atomic E-state index is 5.93. The summed E-state index contributed by atoms with van der Waals surface area (Å²) >= 11 is 0. The average Bonchev–Trinajstić information content (AvgIpc) is 3.62. The van der Waals surface area contributed by atoms with Gasteiger partial charge >= 0.3 is 0 Å². The normalized spacial score (nSPS) is 12.3. The van der Waals surface area contributed by atoms with Crippen LogP contribution in [-0.2, 0) is 16.2 Å². The minimum absolute atomic E-state index is 0.0293. The number of rotatable bonds is 7. The van der Waals surface area contributed by atoms with Crippen LogP contribution in [0.3, 0.4) is 0 Å². The van der Waals surface area contributed by atoms with Crippen molar-refractivity contribution in [1.82, 2.24) is 14.5 Å². The second kappa shape index (κ2) is 15.8. The van der Waals surface area contributed by atoms with Gasteiger partial charge in [0, 0.05) is 44.9 Å². The van der Waals surface area contributed by atoms with Crippen molar-refractivity contribution in [2.24, 2.45) is 0 Å². The van der Waals surface area contributed by atoms with Gasteiger partial charge in [-0.1, -0.05) is 147 Å². The summed E-state index contributed by atoms with van der Waals surface area (Å²) in [6.45, 7) is 20.6. The lowest BCUT2D eigenvalue weighted by Crippen LogP contribution is -2.16. The molecule has 0 bridgehead atoms. The Morgan fingerprint density at radius 1 is 0.429 bits per heavy atom. The third-order valence-electron chi connectivity index (χ3n) is 12.4. The highest BCUT2D eigenvalue weighted by Crippen LogP contribution is 2.42. The summed E-state index contributed by atoms with van der Waals surface area (Å²) < 4.78 is 8.33. The molecule has 3 heterocycles. The SMILES string of the molecule is COc1ccccc1-c1cc(-c2cc(C(C)(C)C)cc(C(C)(C)C)c2)cc(-c2cc(-c3cc(-c4cccc5c6ccccc6n(-c6ccccc6)c45)ccn3)cc(C(C)(C)C)c2)n1. The maximum Gasteiger partial charge on any atom is 0.128 e. The Kier molecular flexibility index (Phi) is 10.5. The van der Waals surface area contributed by atoms with Crippen molar-refractivity contribution in [2.75, 3.05) is 7.11 Å². The fourth-order valence-corrected chi connectivity index (χ4v) is 8.71. The van der Waals surface area contributed by atoms with Gasteiger partial charge in [-0.3, -0.25) is 4.98 Å². The van der Waals surface area contributed by atoms with Crippen molar-refractivity contribution in [3.05, 3.63) is 181 Å². The second-order valence-corrected chi connectivity index (χ2v) is 20.0. The van der Waals surface area contributed by atoms with Crippen LogP contribution in [-0.4, -0.2) is 21.6 Å². The molecular formula is C59H57N3O. The molecule has 0 aliphatic rings. The summed E-state index contributed by atoms with van der Waals surface area (Å²) in [4.78, 5) is 10.5. The molecule has 0 aliphatic carbocycles. The van der Waals surface area contributed by atoms with E-state index in [0.717, 1.165) is 61.9 Å². The van der Waals surface area contributed by atoms with E-state index in [1.54, 1.807) is 7.11 Å². The van der Waals surface area contributed by atoms with E-state index in [9.17, 15) is 0 Å². The van der Waals surface area contributed by atoms with Crippen molar-refractivity contribution in [3.63, 3.8) is 0 Å². The lowest BCUT2D eigenvalue weighted by Gasteiger charge is -2.26. The second-order valence-electron chi connectivity index (χ2n) is 20.0. The topological polar surface area (TPSA) is 39.9 Å². The van der Waals surface area contributed by atoms with E-state index in [2.05, 4.69) is 212 Å². The van der Waals surface area contributed by atoms with Crippen molar-refractivity contribution < 1.29 is 4.74 Å². The predicted octanol–water partition coefficient (Wildman–Crippen LogP) is 15.8. The van der Waals surface area contributed by atoms with Crippen LogP contribution in [0.2, 0.25) is 0 Å². The van der Waals surface area contributed by atoms with Gasteiger partial charge in [0.15, 0.2) is 0 Å². The van der Waals surface area contributed by atoms with Crippen LogP contribution in [0, 0.1) is 0 Å². The number of hydrogen-bond donors (Lipinski definition) is 0. The standard InChI is InChI=1S/C59H57N3O/c1-57(2,3)43-32-41(51-34-38(27-28-60-51)47-23-18-24-49-48-21-14-16-25-54(48)62(56(47)49)46-19-12-11-13-20-46)29-42(33-43)52-35-40(36-53(61-52)50-22-15-17-26-55(50)63-10)39-30-44(58(4,5)6)37-45(31-39)59(7,8)9/h11-37H,1-10H3. The minimum atomic E-state index is -0.143. The summed E-state index contributed by atoms with van der Waals surface area (Å²) in [5.41, 5.74) is 17.4. The molecule has 314 valence electrons. The van der Waals surface area contributed by atoms with Gasteiger partial charge in [-0.05, 0) is 122 Å². The maximum absolute atomic E-state index is 5.93. The third-order valence-corrected chi connectivity index (χ3v) is 12.4. The van der Waals surface area contributed by atoms with Gasteiger partial charge in [0.1, 0.15) is 5.75 Å². The largest absolute Gasteiger partial charge is 0.496 e. The summed E-state index contributed by atoms with van der Waals surface area (Å²) in [5.74, 6) is 0.790. The minimum Gasteiger partial charge on any atom is -0.496 e. The molecular weight excluding hydrogens is 767 g/mol. The molecule has 0 unspecified atom stereocenters. The summed E-state index contributed by atoms with van der Waals surface area (Å²) in [5, 5.41) is 2.46. The molecule has 6 aromatic carbocycles. The number of hydrogen-bond acceptors (Lipinski definition) is 3. The summed E-state index contributed by atoms with van der Waals surface area (Å²) in [6.07, 6.45) is 1.95. The molecule has 9 rings (SSSR count). The smallest absolute Gasteiger partial charge is 0.128 e. The number of benzene rings is 6. The van der Waals surface area contributed by atoms with Crippen LogP contribution in [0.5, 0.6) is 5.75 Å². The Hall–Kier alpha value is -6.78. The molecule has 4 heteroatoms. The third kappa shape index (κ3) is 8.07. The van der Waals surface area contributed by atoms with Gasteiger partial charge in [-0.15, -0.1) is 0 Å². The van der Waals surface area contributed by atoms with E-state index in [0.29, 0.717) is 0 Å². The van der Waals surface area contributed by atoms with Gasteiger partial charge in [0.05, 0.1) is 35.2 Å². The number of ether oxygens (including phenoxy) is 1. The highest BCUT2D eigenvalue weighted by molar-refractivity contribution is 6.13. The number of pyridine rings is 2. The van der Waals surface area contributed by atoms with Crippen molar-refractivity contribution >= 4 is 21.8 Å². The van der Waals surface area contributed by atoms with Crippen LogP contribution in [0.15, 0.2) is 164 Å².